The molecule has 2 bridgehead atoms. The van der Waals surface area contributed by atoms with Gasteiger partial charge in [-0.25, -0.2) is 4.79 Å². The van der Waals surface area contributed by atoms with Crippen molar-refractivity contribution in [3.63, 3.8) is 0 Å². The van der Waals surface area contributed by atoms with Crippen molar-refractivity contribution in [1.29, 1.82) is 0 Å². The van der Waals surface area contributed by atoms with Gasteiger partial charge in [0.05, 0.1) is 37.0 Å². The summed E-state index contributed by atoms with van der Waals surface area (Å²) >= 11 is 0. The first-order valence-electron chi connectivity index (χ1n) is 13.0. The molecule has 2 aromatic rings. The molecule has 8 nitrogen and oxygen atoms in total. The number of hydrogen-bond donors (Lipinski definition) is 0. The Balaban J connectivity index is 1.25. The Hall–Kier alpha value is -2.87. The molecule has 0 unspecified atom stereocenters. The predicted octanol–water partition coefficient (Wildman–Crippen LogP) is 5.51. The summed E-state index contributed by atoms with van der Waals surface area (Å²) in [6.07, 6.45) is 8.19. The zero-order valence-corrected chi connectivity index (χ0v) is 21.5. The van der Waals surface area contributed by atoms with E-state index in [-0.39, 0.29) is 35.7 Å². The van der Waals surface area contributed by atoms with Gasteiger partial charge in [-0.3, -0.25) is 4.79 Å². The molecule has 0 atom stereocenters. The van der Waals surface area contributed by atoms with Gasteiger partial charge in [0.25, 0.3) is 0 Å². The lowest BCUT2D eigenvalue weighted by atomic mass is 9.63. The van der Waals surface area contributed by atoms with Gasteiger partial charge in [-0.2, -0.15) is 0 Å². The Morgan fingerprint density at radius 3 is 2.42 bits per heavy atom. The Labute approximate surface area is 212 Å². The lowest BCUT2D eigenvalue weighted by molar-refractivity contribution is -0.196. The molecule has 3 heterocycles. The minimum atomic E-state index is -0.309. The van der Waals surface area contributed by atoms with Gasteiger partial charge in [0.2, 0.25) is 0 Å². The van der Waals surface area contributed by atoms with Crippen LogP contribution in [0, 0.1) is 12.3 Å². The smallest absolute Gasteiger partial charge is 0.410 e. The Bertz CT molecular complexity index is 1080. The van der Waals surface area contributed by atoms with Crippen molar-refractivity contribution in [2.45, 2.75) is 83.0 Å². The van der Waals surface area contributed by atoms with Crippen LogP contribution in [0.3, 0.4) is 0 Å². The maximum Gasteiger partial charge on any atom is 0.410 e. The van der Waals surface area contributed by atoms with Crippen LogP contribution in [0.5, 0.6) is 0 Å². The summed E-state index contributed by atoms with van der Waals surface area (Å²) in [4.78, 5) is 26.2. The third kappa shape index (κ3) is 4.63. The van der Waals surface area contributed by atoms with Crippen LogP contribution >= 0.6 is 0 Å². The third-order valence-corrected chi connectivity index (χ3v) is 8.68. The first kappa shape index (κ1) is 24.8. The van der Waals surface area contributed by atoms with E-state index in [9.17, 15) is 9.59 Å². The molecule has 2 saturated heterocycles. The van der Waals surface area contributed by atoms with Crippen LogP contribution in [0.2, 0.25) is 0 Å². The summed E-state index contributed by atoms with van der Waals surface area (Å²) in [5.41, 5.74) is 3.13. The van der Waals surface area contributed by atoms with E-state index in [0.29, 0.717) is 24.5 Å². The van der Waals surface area contributed by atoms with Crippen LogP contribution in [0.25, 0.3) is 11.3 Å². The molecule has 8 heteroatoms. The number of aromatic nitrogens is 1. The van der Waals surface area contributed by atoms with Gasteiger partial charge in [-0.1, -0.05) is 42.3 Å². The van der Waals surface area contributed by atoms with Gasteiger partial charge in [-0.15, -0.1) is 0 Å². The minimum Gasteiger partial charge on any atom is -0.469 e. The van der Waals surface area contributed by atoms with Gasteiger partial charge in [0.15, 0.2) is 5.76 Å². The van der Waals surface area contributed by atoms with Gasteiger partial charge < -0.3 is 23.6 Å². The topological polar surface area (TPSA) is 91.1 Å². The molecular weight excluding hydrogens is 460 g/mol. The van der Waals surface area contributed by atoms with Crippen LogP contribution in [-0.4, -0.2) is 48.9 Å². The van der Waals surface area contributed by atoms with E-state index in [1.54, 1.807) is 4.90 Å². The summed E-state index contributed by atoms with van der Waals surface area (Å²) in [6.45, 7) is 2.57. The van der Waals surface area contributed by atoms with Crippen molar-refractivity contribution in [2.24, 2.45) is 5.41 Å². The van der Waals surface area contributed by atoms with Crippen LogP contribution in [-0.2, 0) is 31.2 Å². The van der Waals surface area contributed by atoms with Crippen molar-refractivity contribution in [3.05, 3.63) is 41.1 Å². The fourth-order valence-electron chi connectivity index (χ4n) is 6.13. The number of benzene rings is 1. The maximum absolute atomic E-state index is 12.6. The molecule has 4 aliphatic rings. The first-order valence-corrected chi connectivity index (χ1v) is 13.0. The standard InChI is InChI=1S/C28H36N2O6/c1-19-23(17-34-26(32)30(2)22-6-4-5-7-22)25(36-29-19)20-8-10-21(11-9-20)28-14-12-27(13-15-28,18-35-28)16-24(31)33-3/h8-11,22H,4-7,12-18H2,1-3H3. The molecule has 0 N–H and O–H groups in total. The minimum absolute atomic E-state index is 0.0929. The zero-order chi connectivity index (χ0) is 25.3. The van der Waals surface area contributed by atoms with Crippen molar-refractivity contribution in [2.75, 3.05) is 20.8 Å². The van der Waals surface area contributed by atoms with Crippen LogP contribution in [0.1, 0.15) is 74.6 Å². The monoisotopic (exact) mass is 496 g/mol. The molecule has 36 heavy (non-hydrogen) atoms. The molecule has 1 aromatic carbocycles. The quantitative estimate of drug-likeness (QED) is 0.467. The molecule has 0 radical (unpaired) electrons. The van der Waals surface area contributed by atoms with Crippen molar-refractivity contribution >= 4 is 12.1 Å². The lowest BCUT2D eigenvalue weighted by Crippen LogP contribution is -2.50. The molecule has 0 spiro atoms. The number of methoxy groups -OCH3 is 1. The number of amides is 1. The van der Waals surface area contributed by atoms with Gasteiger partial charge in [0, 0.05) is 24.1 Å². The van der Waals surface area contributed by atoms with Gasteiger partial charge >= 0.3 is 12.1 Å². The van der Waals surface area contributed by atoms with Crippen molar-refractivity contribution < 1.29 is 28.3 Å². The number of aryl methyl sites for hydroxylation is 1. The summed E-state index contributed by atoms with van der Waals surface area (Å²) in [7, 11) is 3.26. The molecule has 2 saturated carbocycles. The fourth-order valence-corrected chi connectivity index (χ4v) is 6.13. The summed E-state index contributed by atoms with van der Waals surface area (Å²) in [6, 6.07) is 8.49. The highest BCUT2D eigenvalue weighted by atomic mass is 16.6. The highest BCUT2D eigenvalue weighted by molar-refractivity contribution is 5.70. The highest BCUT2D eigenvalue weighted by Crippen LogP contribution is 2.55. The van der Waals surface area contributed by atoms with Crippen LogP contribution < -0.4 is 0 Å². The first-order chi connectivity index (χ1) is 17.3. The summed E-state index contributed by atoms with van der Waals surface area (Å²) < 4.78 is 22.6. The van der Waals surface area contributed by atoms with E-state index in [0.717, 1.165) is 68.1 Å². The molecule has 2 aliphatic carbocycles. The van der Waals surface area contributed by atoms with E-state index in [2.05, 4.69) is 17.3 Å². The van der Waals surface area contributed by atoms with E-state index in [4.69, 9.17) is 18.7 Å². The number of rotatable bonds is 7. The molecule has 1 amide bonds. The summed E-state index contributed by atoms with van der Waals surface area (Å²) in [5.74, 6) is 0.463. The molecule has 4 fully saturated rings. The maximum atomic E-state index is 12.6. The van der Waals surface area contributed by atoms with Gasteiger partial charge in [0.1, 0.15) is 6.61 Å². The molecule has 194 valence electrons. The SMILES string of the molecule is COC(=O)CC12CCC(c3ccc(-c4onc(C)c4COC(=O)N(C)C4CCCC4)cc3)(CC1)OC2. The predicted molar refractivity (Wildman–Crippen MR) is 132 cm³/mol. The number of hydrogen-bond acceptors (Lipinski definition) is 7. The van der Waals surface area contributed by atoms with E-state index in [1.165, 1.54) is 7.11 Å². The van der Waals surface area contributed by atoms with E-state index in [1.807, 2.05) is 26.1 Å². The summed E-state index contributed by atoms with van der Waals surface area (Å²) in [5, 5.41) is 4.14. The zero-order valence-electron chi connectivity index (χ0n) is 21.5. The highest BCUT2D eigenvalue weighted by Gasteiger charge is 2.51. The van der Waals surface area contributed by atoms with E-state index < -0.39 is 0 Å². The number of carbonyl (C=O) groups excluding carboxylic acids is 2. The normalized spacial score (nSPS) is 25.6. The Morgan fingerprint density at radius 2 is 1.81 bits per heavy atom. The van der Waals surface area contributed by atoms with Crippen LogP contribution in [0.4, 0.5) is 4.79 Å². The Kier molecular flexibility index (Phi) is 6.81. The van der Waals surface area contributed by atoms with Crippen molar-refractivity contribution in [3.8, 4) is 11.3 Å². The third-order valence-electron chi connectivity index (χ3n) is 8.68. The number of carbonyl (C=O) groups is 2. The fraction of sp³-hybridized carbons (Fsp3) is 0.607. The average molecular weight is 497 g/mol. The molecule has 2 aliphatic heterocycles. The second-order valence-electron chi connectivity index (χ2n) is 10.8. The molecule has 1 aromatic heterocycles. The Morgan fingerprint density at radius 1 is 1.11 bits per heavy atom. The second kappa shape index (κ2) is 9.88. The molecular formula is C28H36N2O6. The number of esters is 1. The van der Waals surface area contributed by atoms with Crippen molar-refractivity contribution in [1.82, 2.24) is 10.1 Å². The number of ether oxygens (including phenoxy) is 3. The largest absolute Gasteiger partial charge is 0.469 e. The van der Waals surface area contributed by atoms with E-state index >= 15 is 0 Å². The lowest BCUT2D eigenvalue weighted by Gasteiger charge is -2.53. The average Bonchev–Trinajstić information content (AvgIpc) is 3.58. The number of fused-ring (bicyclic) bond motifs is 3. The van der Waals surface area contributed by atoms with Crippen LogP contribution in [0.15, 0.2) is 28.8 Å². The number of nitrogens with zero attached hydrogens (tertiary/aromatic N) is 2. The van der Waals surface area contributed by atoms with Gasteiger partial charge in [-0.05, 0) is 51.0 Å². The molecule has 6 rings (SSSR count). The second-order valence-corrected chi connectivity index (χ2v) is 10.8.